The van der Waals surface area contributed by atoms with Crippen LogP contribution < -0.4 is 4.74 Å². The Hall–Kier alpha value is -1.02. The lowest BCUT2D eigenvalue weighted by atomic mass is 10.0. The molecule has 0 aliphatic rings. The third-order valence-corrected chi connectivity index (χ3v) is 3.18. The van der Waals surface area contributed by atoms with Crippen molar-refractivity contribution >= 4 is 0 Å². The fourth-order valence-corrected chi connectivity index (χ4v) is 2.08. The van der Waals surface area contributed by atoms with E-state index in [1.54, 1.807) is 0 Å². The van der Waals surface area contributed by atoms with Crippen molar-refractivity contribution in [3.8, 4) is 5.75 Å². The summed E-state index contributed by atoms with van der Waals surface area (Å²) in [6.07, 6.45) is 10.6. The van der Waals surface area contributed by atoms with Crippen LogP contribution in [0.2, 0.25) is 0 Å². The highest BCUT2D eigenvalue weighted by Crippen LogP contribution is 2.15. The first-order chi connectivity index (χ1) is 8.86. The number of unbranched alkanes of at least 4 members (excludes halogenated alkanes) is 6. The lowest BCUT2D eigenvalue weighted by Gasteiger charge is -2.04. The van der Waals surface area contributed by atoms with Gasteiger partial charge >= 0.3 is 0 Å². The maximum atomic E-state index is 8.50. The van der Waals surface area contributed by atoms with Crippen molar-refractivity contribution in [1.82, 2.24) is 0 Å². The third kappa shape index (κ3) is 6.65. The summed E-state index contributed by atoms with van der Waals surface area (Å²) in [5, 5.41) is 8.50. The van der Waals surface area contributed by atoms with Gasteiger partial charge in [0.05, 0.1) is 0 Å². The van der Waals surface area contributed by atoms with Crippen LogP contribution in [0.15, 0.2) is 24.3 Å². The lowest BCUT2D eigenvalue weighted by Crippen LogP contribution is -1.90. The molecular weight excluding hydrogens is 224 g/mol. The second-order valence-electron chi connectivity index (χ2n) is 4.74. The molecule has 0 bridgehead atoms. The van der Waals surface area contributed by atoms with Gasteiger partial charge in [0.1, 0.15) is 5.75 Å². The Balaban J connectivity index is 2.08. The fraction of sp³-hybridized carbons (Fsp3) is 0.562. The summed E-state index contributed by atoms with van der Waals surface area (Å²) in [5.74, 6) is 0.681. The van der Waals surface area contributed by atoms with Gasteiger partial charge in [0.25, 0.3) is 6.79 Å². The van der Waals surface area contributed by atoms with Crippen molar-refractivity contribution < 1.29 is 9.84 Å². The SMILES string of the molecule is CCCCCCCCCc1ccc(O[CH]O)cc1. The Morgan fingerprint density at radius 2 is 1.56 bits per heavy atom. The number of aliphatic hydroxyl groups is 1. The minimum absolute atomic E-state index is 0.681. The average Bonchev–Trinajstić information content (AvgIpc) is 2.40. The molecule has 1 radical (unpaired) electrons. The van der Waals surface area contributed by atoms with E-state index in [-0.39, 0.29) is 0 Å². The van der Waals surface area contributed by atoms with E-state index in [1.807, 2.05) is 12.1 Å². The predicted molar refractivity (Wildman–Crippen MR) is 75.0 cm³/mol. The van der Waals surface area contributed by atoms with Gasteiger partial charge < -0.3 is 9.84 Å². The van der Waals surface area contributed by atoms with E-state index in [9.17, 15) is 0 Å². The Kier molecular flexibility index (Phi) is 8.32. The van der Waals surface area contributed by atoms with E-state index in [1.165, 1.54) is 50.5 Å². The quantitative estimate of drug-likeness (QED) is 0.601. The molecule has 1 aromatic carbocycles. The first-order valence-corrected chi connectivity index (χ1v) is 7.08. The molecule has 0 fully saturated rings. The van der Waals surface area contributed by atoms with Crippen LogP contribution in [0, 0.1) is 6.79 Å². The lowest BCUT2D eigenvalue weighted by molar-refractivity contribution is 0.192. The predicted octanol–water partition coefficient (Wildman–Crippen LogP) is 4.85. The van der Waals surface area contributed by atoms with Gasteiger partial charge in [0.15, 0.2) is 0 Å². The van der Waals surface area contributed by atoms with Crippen LogP contribution >= 0.6 is 0 Å². The van der Waals surface area contributed by atoms with E-state index < -0.39 is 0 Å². The molecular formula is C16H25O2. The summed E-state index contributed by atoms with van der Waals surface area (Å²) in [6.45, 7) is 2.97. The standard InChI is InChI=1S/C16H25O2/c1-2-3-4-5-6-7-8-9-15-10-12-16(13-11-15)18-14-17/h10-14,17H,2-9H2,1H3. The average molecular weight is 249 g/mol. The van der Waals surface area contributed by atoms with Gasteiger partial charge in [-0.25, -0.2) is 0 Å². The molecule has 1 N–H and O–H groups in total. The van der Waals surface area contributed by atoms with Crippen LogP contribution in [-0.2, 0) is 6.42 Å². The van der Waals surface area contributed by atoms with Crippen molar-refractivity contribution in [1.29, 1.82) is 0 Å². The Bertz CT molecular complexity index is 292. The smallest absolute Gasteiger partial charge is 0.260 e. The Morgan fingerprint density at radius 3 is 2.17 bits per heavy atom. The molecule has 0 aliphatic carbocycles. The number of rotatable bonds is 10. The zero-order valence-electron chi connectivity index (χ0n) is 11.4. The zero-order valence-corrected chi connectivity index (χ0v) is 11.4. The molecule has 0 amide bonds. The highest BCUT2D eigenvalue weighted by molar-refractivity contribution is 5.27. The first kappa shape index (κ1) is 15.0. The van der Waals surface area contributed by atoms with Crippen LogP contribution in [-0.4, -0.2) is 5.11 Å². The highest BCUT2D eigenvalue weighted by atomic mass is 16.6. The summed E-state index contributed by atoms with van der Waals surface area (Å²) >= 11 is 0. The number of hydrogen-bond donors (Lipinski definition) is 1. The summed E-state index contributed by atoms with van der Waals surface area (Å²) in [4.78, 5) is 0. The largest absolute Gasteiger partial charge is 0.458 e. The molecule has 0 saturated heterocycles. The van der Waals surface area contributed by atoms with Crippen LogP contribution in [0.25, 0.3) is 0 Å². The van der Waals surface area contributed by atoms with Gasteiger partial charge in [-0.05, 0) is 30.5 Å². The zero-order chi connectivity index (χ0) is 13.1. The molecule has 1 aromatic rings. The van der Waals surface area contributed by atoms with E-state index in [4.69, 9.17) is 9.84 Å². The summed E-state index contributed by atoms with van der Waals surface area (Å²) in [6, 6.07) is 7.92. The van der Waals surface area contributed by atoms with E-state index in [0.29, 0.717) is 12.5 Å². The van der Waals surface area contributed by atoms with Crippen molar-refractivity contribution in [2.45, 2.75) is 58.3 Å². The second-order valence-corrected chi connectivity index (χ2v) is 4.74. The number of ether oxygens (including phenoxy) is 1. The normalized spacial score (nSPS) is 10.6. The maximum Gasteiger partial charge on any atom is 0.260 e. The summed E-state index contributed by atoms with van der Waals surface area (Å²) in [7, 11) is 0. The van der Waals surface area contributed by atoms with Crippen LogP contribution in [0.1, 0.15) is 57.4 Å². The van der Waals surface area contributed by atoms with Gasteiger partial charge in [-0.1, -0.05) is 57.6 Å². The molecule has 0 aliphatic heterocycles. The molecule has 0 aromatic heterocycles. The monoisotopic (exact) mass is 249 g/mol. The van der Waals surface area contributed by atoms with Crippen molar-refractivity contribution in [3.63, 3.8) is 0 Å². The number of benzene rings is 1. The summed E-state index contributed by atoms with van der Waals surface area (Å²) < 4.78 is 4.87. The molecule has 0 heterocycles. The topological polar surface area (TPSA) is 29.5 Å². The van der Waals surface area contributed by atoms with Crippen LogP contribution in [0.3, 0.4) is 0 Å². The molecule has 0 saturated carbocycles. The van der Waals surface area contributed by atoms with Gasteiger partial charge in [-0.2, -0.15) is 0 Å². The fourth-order valence-electron chi connectivity index (χ4n) is 2.08. The van der Waals surface area contributed by atoms with E-state index in [0.717, 1.165) is 6.42 Å². The second kappa shape index (κ2) is 9.95. The first-order valence-electron chi connectivity index (χ1n) is 7.08. The highest BCUT2D eigenvalue weighted by Gasteiger charge is 1.96. The van der Waals surface area contributed by atoms with E-state index >= 15 is 0 Å². The van der Waals surface area contributed by atoms with Crippen molar-refractivity contribution in [2.75, 3.05) is 0 Å². The molecule has 0 atom stereocenters. The van der Waals surface area contributed by atoms with Crippen molar-refractivity contribution in [2.24, 2.45) is 0 Å². The number of hydrogen-bond acceptors (Lipinski definition) is 2. The number of aryl methyl sites for hydroxylation is 1. The molecule has 0 spiro atoms. The minimum atomic E-state index is 0.681. The Labute approximate surface area is 111 Å². The molecule has 18 heavy (non-hydrogen) atoms. The summed E-state index contributed by atoms with van der Waals surface area (Å²) in [5.41, 5.74) is 1.34. The molecule has 2 nitrogen and oxygen atoms in total. The van der Waals surface area contributed by atoms with Gasteiger partial charge in [-0.3, -0.25) is 0 Å². The van der Waals surface area contributed by atoms with Gasteiger partial charge in [-0.15, -0.1) is 0 Å². The van der Waals surface area contributed by atoms with Gasteiger partial charge in [0, 0.05) is 0 Å². The van der Waals surface area contributed by atoms with Gasteiger partial charge in [0.2, 0.25) is 0 Å². The van der Waals surface area contributed by atoms with E-state index in [2.05, 4.69) is 19.1 Å². The Morgan fingerprint density at radius 1 is 0.944 bits per heavy atom. The van der Waals surface area contributed by atoms with Crippen LogP contribution in [0.5, 0.6) is 5.75 Å². The minimum Gasteiger partial charge on any atom is -0.458 e. The van der Waals surface area contributed by atoms with Crippen molar-refractivity contribution in [3.05, 3.63) is 36.6 Å². The maximum absolute atomic E-state index is 8.50. The van der Waals surface area contributed by atoms with Crippen LogP contribution in [0.4, 0.5) is 0 Å². The third-order valence-electron chi connectivity index (χ3n) is 3.18. The molecule has 101 valence electrons. The number of aliphatic hydroxyl groups excluding tert-OH is 1. The molecule has 0 unspecified atom stereocenters. The molecule has 2 heteroatoms. The molecule has 1 rings (SSSR count).